The van der Waals surface area contributed by atoms with Crippen molar-refractivity contribution in [3.63, 3.8) is 0 Å². The number of nitrogens with one attached hydrogen (secondary N) is 2. The van der Waals surface area contributed by atoms with E-state index in [0.717, 1.165) is 6.54 Å². The number of hydrogen-bond acceptors (Lipinski definition) is 3. The molecule has 1 aliphatic heterocycles. The molecular formula is C12H15FN2O2. The van der Waals surface area contributed by atoms with Gasteiger partial charge in [0.25, 0.3) is 5.91 Å². The Bertz CT molecular complexity index is 397. The Balaban J connectivity index is 2.07. The number of hydrogen-bond donors (Lipinski definition) is 2. The Kier molecular flexibility index (Phi) is 3.71. The van der Waals surface area contributed by atoms with Crippen LogP contribution in [-0.4, -0.2) is 31.7 Å². The largest absolute Gasteiger partial charge is 0.366 e. The molecule has 4 nitrogen and oxygen atoms in total. The van der Waals surface area contributed by atoms with Gasteiger partial charge in [0.05, 0.1) is 12.3 Å². The van der Waals surface area contributed by atoms with Crippen molar-refractivity contribution in [1.29, 1.82) is 0 Å². The second-order valence-corrected chi connectivity index (χ2v) is 3.98. The van der Waals surface area contributed by atoms with E-state index in [1.54, 1.807) is 19.1 Å². The molecular weight excluding hydrogens is 223 g/mol. The van der Waals surface area contributed by atoms with Crippen molar-refractivity contribution in [3.8, 4) is 0 Å². The third-order valence-electron chi connectivity index (χ3n) is 2.69. The Morgan fingerprint density at radius 3 is 3.06 bits per heavy atom. The van der Waals surface area contributed by atoms with Crippen molar-refractivity contribution < 1.29 is 13.9 Å². The minimum atomic E-state index is -0.553. The SMILES string of the molecule is Cc1cccc(F)c1NC(=O)C1CNCCO1. The molecule has 1 heterocycles. The zero-order chi connectivity index (χ0) is 12.3. The number of carbonyl (C=O) groups is 1. The van der Waals surface area contributed by atoms with E-state index >= 15 is 0 Å². The van der Waals surface area contributed by atoms with Crippen LogP contribution in [-0.2, 0) is 9.53 Å². The van der Waals surface area contributed by atoms with Gasteiger partial charge in [-0.05, 0) is 18.6 Å². The van der Waals surface area contributed by atoms with Crippen LogP contribution in [0.5, 0.6) is 0 Å². The summed E-state index contributed by atoms with van der Waals surface area (Å²) in [6.07, 6.45) is -0.553. The van der Waals surface area contributed by atoms with Crippen LogP contribution in [0.2, 0.25) is 0 Å². The summed E-state index contributed by atoms with van der Waals surface area (Å²) in [5.41, 5.74) is 0.925. The van der Waals surface area contributed by atoms with Gasteiger partial charge in [0.1, 0.15) is 11.9 Å². The standard InChI is InChI=1S/C12H15FN2O2/c1-8-3-2-4-9(13)11(8)15-12(16)10-7-14-5-6-17-10/h2-4,10,14H,5-7H2,1H3,(H,15,16). The first-order valence-electron chi connectivity index (χ1n) is 5.57. The highest BCUT2D eigenvalue weighted by molar-refractivity contribution is 5.95. The van der Waals surface area contributed by atoms with E-state index in [4.69, 9.17) is 4.74 Å². The fourth-order valence-electron chi connectivity index (χ4n) is 1.73. The Morgan fingerprint density at radius 2 is 2.41 bits per heavy atom. The lowest BCUT2D eigenvalue weighted by Gasteiger charge is -2.23. The second kappa shape index (κ2) is 5.25. The molecule has 0 aliphatic carbocycles. The number of anilines is 1. The van der Waals surface area contributed by atoms with Gasteiger partial charge in [-0.15, -0.1) is 0 Å². The van der Waals surface area contributed by atoms with Crippen LogP contribution in [0.1, 0.15) is 5.56 Å². The van der Waals surface area contributed by atoms with Crippen LogP contribution in [0.4, 0.5) is 10.1 Å². The Morgan fingerprint density at radius 1 is 1.59 bits per heavy atom. The van der Waals surface area contributed by atoms with E-state index in [1.165, 1.54) is 6.07 Å². The fourth-order valence-corrected chi connectivity index (χ4v) is 1.73. The monoisotopic (exact) mass is 238 g/mol. The molecule has 0 radical (unpaired) electrons. The first kappa shape index (κ1) is 12.0. The molecule has 2 rings (SSSR count). The molecule has 1 fully saturated rings. The maximum absolute atomic E-state index is 13.5. The molecule has 1 unspecified atom stereocenters. The minimum Gasteiger partial charge on any atom is -0.366 e. The van der Waals surface area contributed by atoms with Gasteiger partial charge in [0, 0.05) is 13.1 Å². The van der Waals surface area contributed by atoms with E-state index in [1.807, 2.05) is 0 Å². The molecule has 0 spiro atoms. The average molecular weight is 238 g/mol. The predicted molar refractivity (Wildman–Crippen MR) is 62.4 cm³/mol. The van der Waals surface area contributed by atoms with E-state index in [0.29, 0.717) is 18.7 Å². The van der Waals surface area contributed by atoms with Gasteiger partial charge in [-0.25, -0.2) is 4.39 Å². The van der Waals surface area contributed by atoms with Crippen LogP contribution in [0.3, 0.4) is 0 Å². The third kappa shape index (κ3) is 2.81. The summed E-state index contributed by atoms with van der Waals surface area (Å²) in [5.74, 6) is -0.743. The van der Waals surface area contributed by atoms with Crippen molar-refractivity contribution in [1.82, 2.24) is 5.32 Å². The molecule has 1 aromatic rings. The molecule has 17 heavy (non-hydrogen) atoms. The number of rotatable bonds is 2. The number of amides is 1. The zero-order valence-corrected chi connectivity index (χ0v) is 9.63. The average Bonchev–Trinajstić information content (AvgIpc) is 2.35. The van der Waals surface area contributed by atoms with Crippen LogP contribution in [0.25, 0.3) is 0 Å². The molecule has 92 valence electrons. The number of benzene rings is 1. The van der Waals surface area contributed by atoms with Crippen LogP contribution in [0.15, 0.2) is 18.2 Å². The summed E-state index contributed by atoms with van der Waals surface area (Å²) in [4.78, 5) is 11.8. The van der Waals surface area contributed by atoms with Gasteiger partial charge in [-0.3, -0.25) is 4.79 Å². The number of carbonyl (C=O) groups excluding carboxylic acids is 1. The van der Waals surface area contributed by atoms with Crippen LogP contribution in [0, 0.1) is 12.7 Å². The molecule has 0 bridgehead atoms. The summed E-state index contributed by atoms with van der Waals surface area (Å²) in [6, 6.07) is 4.68. The Hall–Kier alpha value is -1.46. The number of para-hydroxylation sites is 1. The van der Waals surface area contributed by atoms with Gasteiger partial charge in [0.2, 0.25) is 0 Å². The quantitative estimate of drug-likeness (QED) is 0.810. The first-order chi connectivity index (χ1) is 8.18. The molecule has 1 aromatic carbocycles. The summed E-state index contributed by atoms with van der Waals surface area (Å²) >= 11 is 0. The van der Waals surface area contributed by atoms with Gasteiger partial charge in [-0.1, -0.05) is 12.1 Å². The molecule has 1 aliphatic rings. The van der Waals surface area contributed by atoms with E-state index < -0.39 is 11.9 Å². The van der Waals surface area contributed by atoms with Crippen LogP contribution >= 0.6 is 0 Å². The molecule has 1 atom stereocenters. The van der Waals surface area contributed by atoms with Crippen molar-refractivity contribution in [2.45, 2.75) is 13.0 Å². The number of halogens is 1. The molecule has 1 amide bonds. The smallest absolute Gasteiger partial charge is 0.254 e. The Labute approximate surface area is 99.2 Å². The number of morpholine rings is 1. The lowest BCUT2D eigenvalue weighted by atomic mass is 10.2. The fraction of sp³-hybridized carbons (Fsp3) is 0.417. The lowest BCUT2D eigenvalue weighted by Crippen LogP contribution is -2.45. The van der Waals surface area contributed by atoms with Crippen LogP contribution < -0.4 is 10.6 Å². The predicted octanol–water partition coefficient (Wildman–Crippen LogP) is 1.06. The summed E-state index contributed by atoms with van der Waals surface area (Å²) in [5, 5.41) is 5.62. The first-order valence-corrected chi connectivity index (χ1v) is 5.57. The highest BCUT2D eigenvalue weighted by Crippen LogP contribution is 2.19. The normalized spacial score (nSPS) is 20.0. The maximum Gasteiger partial charge on any atom is 0.254 e. The van der Waals surface area contributed by atoms with E-state index in [9.17, 15) is 9.18 Å². The lowest BCUT2D eigenvalue weighted by molar-refractivity contribution is -0.128. The molecule has 2 N–H and O–H groups in total. The van der Waals surface area contributed by atoms with Crippen molar-refractivity contribution >= 4 is 11.6 Å². The molecule has 1 saturated heterocycles. The van der Waals surface area contributed by atoms with E-state index in [-0.39, 0.29) is 11.6 Å². The minimum absolute atomic E-state index is 0.228. The number of ether oxygens (including phenoxy) is 1. The summed E-state index contributed by atoms with van der Waals surface area (Å²) < 4.78 is 18.8. The van der Waals surface area contributed by atoms with Gasteiger partial charge in [-0.2, -0.15) is 0 Å². The van der Waals surface area contributed by atoms with Crippen molar-refractivity contribution in [3.05, 3.63) is 29.6 Å². The summed E-state index contributed by atoms with van der Waals surface area (Å²) in [6.45, 7) is 3.44. The van der Waals surface area contributed by atoms with Gasteiger partial charge >= 0.3 is 0 Å². The van der Waals surface area contributed by atoms with Gasteiger partial charge in [0.15, 0.2) is 0 Å². The molecule has 0 saturated carbocycles. The highest BCUT2D eigenvalue weighted by atomic mass is 19.1. The third-order valence-corrected chi connectivity index (χ3v) is 2.69. The second-order valence-electron chi connectivity index (χ2n) is 3.98. The van der Waals surface area contributed by atoms with Crippen molar-refractivity contribution in [2.75, 3.05) is 25.0 Å². The van der Waals surface area contributed by atoms with Gasteiger partial charge < -0.3 is 15.4 Å². The number of aryl methyl sites for hydroxylation is 1. The molecule has 0 aromatic heterocycles. The molecule has 5 heteroatoms. The highest BCUT2D eigenvalue weighted by Gasteiger charge is 2.22. The maximum atomic E-state index is 13.5. The summed E-state index contributed by atoms with van der Waals surface area (Å²) in [7, 11) is 0. The topological polar surface area (TPSA) is 50.4 Å². The zero-order valence-electron chi connectivity index (χ0n) is 9.63. The van der Waals surface area contributed by atoms with Crippen molar-refractivity contribution in [2.24, 2.45) is 0 Å². The van der Waals surface area contributed by atoms with E-state index in [2.05, 4.69) is 10.6 Å².